The van der Waals surface area contributed by atoms with Gasteiger partial charge in [0.2, 0.25) is 0 Å². The van der Waals surface area contributed by atoms with Crippen LogP contribution in [0.4, 0.5) is 4.39 Å². The zero-order valence-corrected chi connectivity index (χ0v) is 13.9. The second-order valence-corrected chi connectivity index (χ2v) is 6.89. The fraction of sp³-hybridized carbons (Fsp3) is 0.611. The van der Waals surface area contributed by atoms with Crippen LogP contribution in [0.5, 0.6) is 0 Å². The monoisotopic (exact) mass is 320 g/mol. The van der Waals surface area contributed by atoms with E-state index >= 15 is 0 Å². The predicted molar refractivity (Wildman–Crippen MR) is 87.0 cm³/mol. The number of carbonyl (C=O) groups excluding carboxylic acids is 1. The number of carbonyl (C=O) groups is 1. The first kappa shape index (κ1) is 16.4. The van der Waals surface area contributed by atoms with Gasteiger partial charge in [0.1, 0.15) is 5.82 Å². The predicted octanol–water partition coefficient (Wildman–Crippen LogP) is 2.32. The molecule has 3 rings (SSSR count). The topological polar surface area (TPSA) is 32.8 Å². The molecule has 2 fully saturated rings. The van der Waals surface area contributed by atoms with Crippen molar-refractivity contribution in [3.05, 3.63) is 35.1 Å². The Bertz CT molecular complexity index is 574. The average molecular weight is 320 g/mol. The molecule has 1 amide bonds. The number of morpholine rings is 1. The lowest BCUT2D eigenvalue weighted by Crippen LogP contribution is -2.49. The van der Waals surface area contributed by atoms with Crippen molar-refractivity contribution in [3.8, 4) is 0 Å². The number of likely N-dealkylation sites (N-methyl/N-ethyl adjacent to an activating group) is 1. The first-order chi connectivity index (χ1) is 11.0. The third-order valence-electron chi connectivity index (χ3n) is 4.56. The standard InChI is InChI=1S/C18H25FN2O2/c1-13-3-6-16(17(19)9-13)18(22)21-7-8-23-15(12-21)11-20(2)10-14-4-5-14/h3,6,9,14-15H,4-5,7-8,10-12H2,1-2H3/t15-/m1/s1. The lowest BCUT2D eigenvalue weighted by atomic mass is 10.1. The first-order valence-corrected chi connectivity index (χ1v) is 8.38. The van der Waals surface area contributed by atoms with Gasteiger partial charge >= 0.3 is 0 Å². The van der Waals surface area contributed by atoms with E-state index < -0.39 is 5.82 Å². The summed E-state index contributed by atoms with van der Waals surface area (Å²) in [5.74, 6) is 0.160. The minimum absolute atomic E-state index is 0.00459. The van der Waals surface area contributed by atoms with Crippen LogP contribution in [-0.4, -0.2) is 61.6 Å². The van der Waals surface area contributed by atoms with Crippen molar-refractivity contribution in [2.45, 2.75) is 25.9 Å². The molecule has 0 N–H and O–H groups in total. The highest BCUT2D eigenvalue weighted by atomic mass is 19.1. The fourth-order valence-electron chi connectivity index (χ4n) is 3.14. The third-order valence-corrected chi connectivity index (χ3v) is 4.56. The number of nitrogens with zero attached hydrogens (tertiary/aromatic N) is 2. The maximum absolute atomic E-state index is 14.0. The van der Waals surface area contributed by atoms with E-state index in [4.69, 9.17) is 4.74 Å². The quantitative estimate of drug-likeness (QED) is 0.835. The van der Waals surface area contributed by atoms with E-state index in [0.29, 0.717) is 19.7 Å². The van der Waals surface area contributed by atoms with Crippen LogP contribution in [0.15, 0.2) is 18.2 Å². The van der Waals surface area contributed by atoms with Crippen molar-refractivity contribution in [1.29, 1.82) is 0 Å². The highest BCUT2D eigenvalue weighted by molar-refractivity contribution is 5.94. The van der Waals surface area contributed by atoms with Crippen LogP contribution in [0.2, 0.25) is 0 Å². The van der Waals surface area contributed by atoms with E-state index in [1.165, 1.54) is 18.9 Å². The Morgan fingerprint density at radius 2 is 2.17 bits per heavy atom. The lowest BCUT2D eigenvalue weighted by molar-refractivity contribution is -0.0335. The highest BCUT2D eigenvalue weighted by Crippen LogP contribution is 2.29. The number of aryl methyl sites for hydroxylation is 1. The second-order valence-electron chi connectivity index (χ2n) is 6.89. The molecule has 0 bridgehead atoms. The van der Waals surface area contributed by atoms with Gasteiger partial charge in [0.15, 0.2) is 0 Å². The molecule has 1 saturated heterocycles. The molecule has 1 atom stereocenters. The highest BCUT2D eigenvalue weighted by Gasteiger charge is 2.29. The van der Waals surface area contributed by atoms with Crippen LogP contribution in [0.1, 0.15) is 28.8 Å². The summed E-state index contributed by atoms with van der Waals surface area (Å²) >= 11 is 0. The molecule has 1 heterocycles. The van der Waals surface area contributed by atoms with E-state index in [-0.39, 0.29) is 17.6 Å². The number of hydrogen-bond acceptors (Lipinski definition) is 3. The molecule has 1 aliphatic heterocycles. The maximum Gasteiger partial charge on any atom is 0.256 e. The molecule has 0 spiro atoms. The molecule has 23 heavy (non-hydrogen) atoms. The number of amides is 1. The summed E-state index contributed by atoms with van der Waals surface area (Å²) < 4.78 is 19.8. The van der Waals surface area contributed by atoms with Crippen molar-refractivity contribution < 1.29 is 13.9 Å². The second kappa shape index (κ2) is 6.97. The Labute approximate surface area is 137 Å². The summed E-state index contributed by atoms with van der Waals surface area (Å²) in [6.07, 6.45) is 2.66. The van der Waals surface area contributed by atoms with Gasteiger partial charge in [0, 0.05) is 26.2 Å². The molecular formula is C18H25FN2O2. The van der Waals surface area contributed by atoms with Gasteiger partial charge in [-0.1, -0.05) is 6.07 Å². The Kier molecular flexibility index (Phi) is 4.97. The molecule has 2 aliphatic rings. The lowest BCUT2D eigenvalue weighted by Gasteiger charge is -2.35. The minimum atomic E-state index is -0.441. The van der Waals surface area contributed by atoms with Crippen LogP contribution in [0, 0.1) is 18.7 Å². The van der Waals surface area contributed by atoms with Crippen molar-refractivity contribution in [3.63, 3.8) is 0 Å². The first-order valence-electron chi connectivity index (χ1n) is 8.38. The molecule has 5 heteroatoms. The molecular weight excluding hydrogens is 295 g/mol. The van der Waals surface area contributed by atoms with Crippen LogP contribution in [0.3, 0.4) is 0 Å². The Morgan fingerprint density at radius 1 is 1.39 bits per heavy atom. The molecule has 0 unspecified atom stereocenters. The largest absolute Gasteiger partial charge is 0.373 e. The Balaban J connectivity index is 1.59. The molecule has 4 nitrogen and oxygen atoms in total. The third kappa shape index (κ3) is 4.30. The van der Waals surface area contributed by atoms with Crippen molar-refractivity contribution >= 4 is 5.91 Å². The zero-order chi connectivity index (χ0) is 16.4. The van der Waals surface area contributed by atoms with Gasteiger partial charge in [-0.3, -0.25) is 4.79 Å². The number of ether oxygens (including phenoxy) is 1. The van der Waals surface area contributed by atoms with Gasteiger partial charge < -0.3 is 14.5 Å². The van der Waals surface area contributed by atoms with Crippen molar-refractivity contribution in [1.82, 2.24) is 9.80 Å². The molecule has 1 aliphatic carbocycles. The van der Waals surface area contributed by atoms with E-state index in [2.05, 4.69) is 11.9 Å². The average Bonchev–Trinajstić information content (AvgIpc) is 3.30. The van der Waals surface area contributed by atoms with Crippen molar-refractivity contribution in [2.75, 3.05) is 39.8 Å². The summed E-state index contributed by atoms with van der Waals surface area (Å²) in [7, 11) is 2.10. The van der Waals surface area contributed by atoms with Crippen LogP contribution < -0.4 is 0 Å². The maximum atomic E-state index is 14.0. The molecule has 126 valence electrons. The van der Waals surface area contributed by atoms with Crippen LogP contribution in [-0.2, 0) is 4.74 Å². The number of halogens is 1. The molecule has 0 radical (unpaired) electrons. The van der Waals surface area contributed by atoms with Gasteiger partial charge in [-0.25, -0.2) is 4.39 Å². The van der Waals surface area contributed by atoms with E-state index in [0.717, 1.165) is 24.6 Å². The van der Waals surface area contributed by atoms with Gasteiger partial charge in [-0.15, -0.1) is 0 Å². The summed E-state index contributed by atoms with van der Waals surface area (Å²) in [4.78, 5) is 16.6. The van der Waals surface area contributed by atoms with Gasteiger partial charge in [-0.05, 0) is 50.4 Å². The van der Waals surface area contributed by atoms with E-state index in [1.54, 1.807) is 17.0 Å². The van der Waals surface area contributed by atoms with Crippen LogP contribution in [0.25, 0.3) is 0 Å². The van der Waals surface area contributed by atoms with Crippen LogP contribution >= 0.6 is 0 Å². The summed E-state index contributed by atoms with van der Waals surface area (Å²) in [6.45, 7) is 5.30. The zero-order valence-electron chi connectivity index (χ0n) is 13.9. The summed E-state index contributed by atoms with van der Waals surface area (Å²) in [5, 5.41) is 0. The Hall–Kier alpha value is -1.46. The summed E-state index contributed by atoms with van der Waals surface area (Å²) in [5.41, 5.74) is 0.975. The molecule has 0 aromatic heterocycles. The van der Waals surface area contributed by atoms with Gasteiger partial charge in [0.05, 0.1) is 18.3 Å². The van der Waals surface area contributed by atoms with Gasteiger partial charge in [-0.2, -0.15) is 0 Å². The normalized spacial score (nSPS) is 21.7. The number of hydrogen-bond donors (Lipinski definition) is 0. The molecule has 1 aromatic carbocycles. The van der Waals surface area contributed by atoms with Crippen molar-refractivity contribution in [2.24, 2.45) is 5.92 Å². The summed E-state index contributed by atoms with van der Waals surface area (Å²) in [6, 6.07) is 4.77. The molecule has 1 aromatic rings. The SMILES string of the molecule is Cc1ccc(C(=O)N2CCO[C@H](CN(C)CC3CC3)C2)c(F)c1. The fourth-order valence-corrected chi connectivity index (χ4v) is 3.14. The van der Waals surface area contributed by atoms with Gasteiger partial charge in [0.25, 0.3) is 5.91 Å². The Morgan fingerprint density at radius 3 is 2.87 bits per heavy atom. The minimum Gasteiger partial charge on any atom is -0.373 e. The van der Waals surface area contributed by atoms with E-state index in [9.17, 15) is 9.18 Å². The molecule has 1 saturated carbocycles. The number of benzene rings is 1. The van der Waals surface area contributed by atoms with E-state index in [1.807, 2.05) is 6.92 Å². The number of rotatable bonds is 5. The smallest absolute Gasteiger partial charge is 0.256 e.